The van der Waals surface area contributed by atoms with E-state index < -0.39 is 0 Å². The van der Waals surface area contributed by atoms with Crippen LogP contribution in [0.2, 0.25) is 5.02 Å². The van der Waals surface area contributed by atoms with Crippen LogP contribution in [0.15, 0.2) is 65.5 Å². The largest absolute Gasteiger partial charge is 0.338 e. The molecule has 0 fully saturated rings. The van der Waals surface area contributed by atoms with Gasteiger partial charge < -0.3 is 10.3 Å². The smallest absolute Gasteiger partial charge is 0.321 e. The molecule has 5 aromatic rings. The molecule has 3 aromatic carbocycles. The number of hydrogen-bond acceptors (Lipinski definition) is 4. The van der Waals surface area contributed by atoms with Gasteiger partial charge in [0.1, 0.15) is 0 Å². The molecule has 0 aliphatic carbocycles. The lowest BCUT2D eigenvalue weighted by molar-refractivity contribution is 0.252. The van der Waals surface area contributed by atoms with E-state index in [4.69, 9.17) is 11.6 Å². The number of carbonyl (C=O) groups is 1. The molecule has 170 valence electrons. The minimum Gasteiger partial charge on any atom is -0.338 e. The maximum atomic E-state index is 12.1. The number of carbonyl (C=O) groups excluding carboxylic acids is 1. The van der Waals surface area contributed by atoms with Gasteiger partial charge in [-0.1, -0.05) is 41.9 Å². The highest BCUT2D eigenvalue weighted by atomic mass is 35.5. The van der Waals surface area contributed by atoms with Crippen molar-refractivity contribution in [1.82, 2.24) is 25.5 Å². The van der Waals surface area contributed by atoms with E-state index in [1.165, 1.54) is 0 Å². The molecule has 0 aliphatic heterocycles. The van der Waals surface area contributed by atoms with Crippen LogP contribution in [0.25, 0.3) is 32.9 Å². The molecule has 0 radical (unpaired) electrons. The lowest BCUT2D eigenvalue weighted by Crippen LogP contribution is -2.28. The van der Waals surface area contributed by atoms with Crippen molar-refractivity contribution >= 4 is 45.4 Å². The molecule has 5 rings (SSSR count). The van der Waals surface area contributed by atoms with Crippen LogP contribution < -0.4 is 16.2 Å². The van der Waals surface area contributed by atoms with Crippen molar-refractivity contribution in [2.24, 2.45) is 0 Å². The molecule has 0 atom stereocenters. The van der Waals surface area contributed by atoms with Gasteiger partial charge in [0.05, 0.1) is 22.1 Å². The summed E-state index contributed by atoms with van der Waals surface area (Å²) >= 11 is 6.56. The molecule has 2 aromatic heterocycles. The molecule has 0 unspecified atom stereocenters. The Morgan fingerprint density at radius 1 is 1.06 bits per heavy atom. The molecule has 0 spiro atoms. The summed E-state index contributed by atoms with van der Waals surface area (Å²) in [6.45, 7) is 2.37. The molecule has 4 N–H and O–H groups in total. The van der Waals surface area contributed by atoms with Gasteiger partial charge in [0.25, 0.3) is 5.56 Å². The van der Waals surface area contributed by atoms with Gasteiger partial charge in [-0.15, -0.1) is 0 Å². The minimum absolute atomic E-state index is 0.204. The van der Waals surface area contributed by atoms with Crippen molar-refractivity contribution in [3.63, 3.8) is 0 Å². The van der Waals surface area contributed by atoms with Gasteiger partial charge >= 0.3 is 6.03 Å². The Morgan fingerprint density at radius 3 is 2.71 bits per heavy atom. The molecular weight excluding hydrogens is 452 g/mol. The van der Waals surface area contributed by atoms with Crippen LogP contribution in [0.1, 0.15) is 18.2 Å². The van der Waals surface area contributed by atoms with Gasteiger partial charge in [0, 0.05) is 28.9 Å². The molecule has 2 heterocycles. The summed E-state index contributed by atoms with van der Waals surface area (Å²) in [5.74, 6) is 0.369. The zero-order valence-electron chi connectivity index (χ0n) is 18.3. The fraction of sp³-hybridized carbons (Fsp3) is 0.120. The first kappa shape index (κ1) is 21.7. The number of hydrogen-bond donors (Lipinski definition) is 4. The van der Waals surface area contributed by atoms with Gasteiger partial charge in [-0.2, -0.15) is 5.10 Å². The summed E-state index contributed by atoms with van der Waals surface area (Å²) in [5.41, 5.74) is 4.87. The van der Waals surface area contributed by atoms with Crippen molar-refractivity contribution < 1.29 is 4.79 Å². The molecule has 9 heteroatoms. The van der Waals surface area contributed by atoms with Gasteiger partial charge in [-0.25, -0.2) is 14.9 Å². The predicted octanol–water partition coefficient (Wildman–Crippen LogP) is 4.85. The highest BCUT2D eigenvalue weighted by Gasteiger charge is 2.12. The lowest BCUT2D eigenvalue weighted by Gasteiger charge is -2.09. The maximum absolute atomic E-state index is 12.1. The quantitative estimate of drug-likeness (QED) is 0.292. The van der Waals surface area contributed by atoms with Crippen LogP contribution in [0.3, 0.4) is 0 Å². The fourth-order valence-electron chi connectivity index (χ4n) is 3.95. The topological polar surface area (TPSA) is 116 Å². The van der Waals surface area contributed by atoms with Gasteiger partial charge in [0.15, 0.2) is 0 Å². The van der Waals surface area contributed by atoms with E-state index in [9.17, 15) is 9.59 Å². The van der Waals surface area contributed by atoms with E-state index in [1.807, 2.05) is 61.5 Å². The first-order valence-electron chi connectivity index (χ1n) is 10.8. The number of urea groups is 1. The first-order valence-corrected chi connectivity index (χ1v) is 11.2. The number of nitrogens with one attached hydrogen (secondary N) is 4. The van der Waals surface area contributed by atoms with Crippen molar-refractivity contribution in [2.45, 2.75) is 13.3 Å². The summed E-state index contributed by atoms with van der Waals surface area (Å²) < 4.78 is 0. The van der Waals surface area contributed by atoms with E-state index in [2.05, 4.69) is 30.8 Å². The van der Waals surface area contributed by atoms with Crippen molar-refractivity contribution in [2.75, 3.05) is 11.9 Å². The summed E-state index contributed by atoms with van der Waals surface area (Å²) in [4.78, 5) is 31.4. The highest BCUT2D eigenvalue weighted by Crippen LogP contribution is 2.32. The third-order valence-corrected chi connectivity index (χ3v) is 5.87. The Bertz CT molecular complexity index is 1590. The maximum Gasteiger partial charge on any atom is 0.321 e. The van der Waals surface area contributed by atoms with Crippen molar-refractivity contribution in [3.8, 4) is 11.1 Å². The standard InChI is InChI=1S/C25H21ClN6O2/c1-2-27-25(34)30-24-28-20-10-8-15(13-22(20)29-24)18-11-14(7-9-19(18)26)12-21-16-5-3-4-6-17(16)23(33)32-31-21/h3-11,13H,2,12H2,1H3,(H,32,33)(H3,27,28,29,30,34). The second-order valence-corrected chi connectivity index (χ2v) is 8.24. The lowest BCUT2D eigenvalue weighted by atomic mass is 9.99. The van der Waals surface area contributed by atoms with Crippen LogP contribution >= 0.6 is 11.6 Å². The third-order valence-electron chi connectivity index (χ3n) is 5.54. The van der Waals surface area contributed by atoms with Crippen LogP contribution in [-0.4, -0.2) is 32.7 Å². The summed E-state index contributed by atoms with van der Waals surface area (Å²) in [6, 6.07) is 18.7. The number of rotatable bonds is 5. The Kier molecular flexibility index (Phi) is 5.73. The van der Waals surface area contributed by atoms with Crippen LogP contribution in [0.5, 0.6) is 0 Å². The van der Waals surface area contributed by atoms with Crippen molar-refractivity contribution in [3.05, 3.63) is 87.3 Å². The van der Waals surface area contributed by atoms with E-state index in [0.717, 1.165) is 38.8 Å². The molecule has 0 aliphatic rings. The number of anilines is 1. The first-order chi connectivity index (χ1) is 16.5. The zero-order chi connectivity index (χ0) is 23.7. The normalized spacial score (nSPS) is 11.1. The summed E-state index contributed by atoms with van der Waals surface area (Å²) in [7, 11) is 0. The van der Waals surface area contributed by atoms with E-state index in [1.54, 1.807) is 6.07 Å². The predicted molar refractivity (Wildman–Crippen MR) is 134 cm³/mol. The molecule has 8 nitrogen and oxygen atoms in total. The molecule has 0 saturated heterocycles. The Labute approximate surface area is 199 Å². The molecule has 0 saturated carbocycles. The van der Waals surface area contributed by atoms with Gasteiger partial charge in [-0.3, -0.25) is 10.1 Å². The number of imidazole rings is 1. The molecular formula is C25H21ClN6O2. The van der Waals surface area contributed by atoms with Crippen LogP contribution in [0, 0.1) is 0 Å². The number of amides is 2. The average Bonchev–Trinajstić information content (AvgIpc) is 3.23. The zero-order valence-corrected chi connectivity index (χ0v) is 19.0. The van der Waals surface area contributed by atoms with Crippen molar-refractivity contribution in [1.29, 1.82) is 0 Å². The number of H-pyrrole nitrogens is 2. The molecule has 0 bridgehead atoms. The van der Waals surface area contributed by atoms with Crippen LogP contribution in [-0.2, 0) is 6.42 Å². The van der Waals surface area contributed by atoms with Gasteiger partial charge in [0.2, 0.25) is 5.95 Å². The number of nitrogens with zero attached hydrogens (tertiary/aromatic N) is 2. The van der Waals surface area contributed by atoms with Crippen LogP contribution in [0.4, 0.5) is 10.7 Å². The Balaban J connectivity index is 1.48. The number of benzene rings is 3. The Hall–Kier alpha value is -4.17. The summed E-state index contributed by atoms with van der Waals surface area (Å²) in [5, 5.41) is 14.3. The minimum atomic E-state index is -0.319. The fourth-order valence-corrected chi connectivity index (χ4v) is 4.18. The highest BCUT2D eigenvalue weighted by molar-refractivity contribution is 6.33. The number of aromatic amines is 2. The third kappa shape index (κ3) is 4.23. The average molecular weight is 473 g/mol. The van der Waals surface area contributed by atoms with E-state index >= 15 is 0 Å². The Morgan fingerprint density at radius 2 is 1.88 bits per heavy atom. The monoisotopic (exact) mass is 472 g/mol. The second kappa shape index (κ2) is 8.99. The number of aromatic nitrogens is 4. The van der Waals surface area contributed by atoms with E-state index in [-0.39, 0.29) is 11.6 Å². The second-order valence-electron chi connectivity index (χ2n) is 7.84. The number of halogens is 1. The van der Waals surface area contributed by atoms with E-state index in [0.29, 0.717) is 29.3 Å². The molecule has 2 amide bonds. The number of fused-ring (bicyclic) bond motifs is 2. The SMILES string of the molecule is CCNC(=O)Nc1nc2ccc(-c3cc(Cc4n[nH]c(=O)c5ccccc45)ccc3Cl)cc2[nH]1. The summed E-state index contributed by atoms with van der Waals surface area (Å²) in [6.07, 6.45) is 0.536. The van der Waals surface area contributed by atoms with Gasteiger partial charge in [-0.05, 0) is 48.4 Å². The molecule has 34 heavy (non-hydrogen) atoms.